The molecule has 32 heavy (non-hydrogen) atoms. The van der Waals surface area contributed by atoms with Crippen molar-refractivity contribution in [2.45, 2.75) is 25.9 Å². The molecule has 1 fully saturated rings. The fraction of sp³-hybridized carbons (Fsp3) is 0.292. The first-order valence-electron chi connectivity index (χ1n) is 10.3. The summed E-state index contributed by atoms with van der Waals surface area (Å²) in [6.45, 7) is -3.36. The van der Waals surface area contributed by atoms with Crippen LogP contribution in [0.5, 0.6) is 5.75 Å². The summed E-state index contributed by atoms with van der Waals surface area (Å²) in [6, 6.07) is 13.6. The lowest BCUT2D eigenvalue weighted by Gasteiger charge is -2.16. The zero-order valence-electron chi connectivity index (χ0n) is 17.2. The summed E-state index contributed by atoms with van der Waals surface area (Å²) < 4.78 is 30.2. The van der Waals surface area contributed by atoms with Crippen molar-refractivity contribution in [1.29, 1.82) is 0 Å². The van der Waals surface area contributed by atoms with Crippen LogP contribution in [0.4, 0.5) is 14.5 Å². The molecule has 0 spiro atoms. The van der Waals surface area contributed by atoms with E-state index in [1.165, 1.54) is 12.1 Å². The van der Waals surface area contributed by atoms with Gasteiger partial charge in [0, 0.05) is 17.7 Å². The Morgan fingerprint density at radius 3 is 2.31 bits per heavy atom. The molecule has 2 aliphatic rings. The van der Waals surface area contributed by atoms with Gasteiger partial charge in [0.15, 0.2) is 0 Å². The molecule has 3 amide bonds. The van der Waals surface area contributed by atoms with Crippen LogP contribution in [0.25, 0.3) is 0 Å². The summed E-state index contributed by atoms with van der Waals surface area (Å²) in [6.07, 6.45) is 5.09. The predicted molar refractivity (Wildman–Crippen MR) is 113 cm³/mol. The molecule has 2 aromatic carbocycles. The van der Waals surface area contributed by atoms with Gasteiger partial charge < -0.3 is 10.1 Å². The first-order valence-corrected chi connectivity index (χ1v) is 10.3. The second-order valence-corrected chi connectivity index (χ2v) is 7.83. The number of hydrogen-bond acceptors (Lipinski definition) is 4. The molecule has 1 saturated heterocycles. The molecule has 0 radical (unpaired) electrons. The number of anilines is 1. The lowest BCUT2D eigenvalue weighted by molar-refractivity contribution is -0.142. The quantitative estimate of drug-likeness (QED) is 0.525. The molecule has 1 aliphatic heterocycles. The van der Waals surface area contributed by atoms with E-state index in [0.717, 1.165) is 10.5 Å². The molecule has 6 nitrogen and oxygen atoms in total. The molecule has 2 aromatic rings. The van der Waals surface area contributed by atoms with Gasteiger partial charge in [0.25, 0.3) is 0 Å². The molecule has 0 saturated carbocycles. The lowest BCUT2D eigenvalue weighted by atomic mass is 9.85. The predicted octanol–water partition coefficient (Wildman–Crippen LogP) is 3.77. The number of imide groups is 1. The SMILES string of the molecule is O=C(CN1C(=O)C2CC=CCC2C1=O)Nc1ccc(OC(F)F)c(Cc2ccccc2)c1. The third kappa shape index (κ3) is 4.69. The number of benzene rings is 2. The average molecular weight is 440 g/mol. The van der Waals surface area contributed by atoms with E-state index in [2.05, 4.69) is 10.1 Å². The van der Waals surface area contributed by atoms with Gasteiger partial charge in [-0.25, -0.2) is 0 Å². The highest BCUT2D eigenvalue weighted by molar-refractivity contribution is 6.08. The van der Waals surface area contributed by atoms with Crippen LogP contribution in [0.15, 0.2) is 60.7 Å². The number of halogens is 2. The zero-order chi connectivity index (χ0) is 22.7. The Morgan fingerprint density at radius 2 is 1.69 bits per heavy atom. The summed E-state index contributed by atoms with van der Waals surface area (Å²) in [5.74, 6) is -1.98. The number of alkyl halides is 2. The topological polar surface area (TPSA) is 75.7 Å². The molecule has 1 N–H and O–H groups in total. The Kier molecular flexibility index (Phi) is 6.30. The molecule has 166 valence electrons. The number of carbonyl (C=O) groups excluding carboxylic acids is 3. The van der Waals surface area contributed by atoms with Crippen molar-refractivity contribution in [3.05, 3.63) is 71.8 Å². The highest BCUT2D eigenvalue weighted by Crippen LogP contribution is 2.35. The maximum atomic E-state index is 12.8. The van der Waals surface area contributed by atoms with Crippen molar-refractivity contribution in [1.82, 2.24) is 4.90 Å². The highest BCUT2D eigenvalue weighted by Gasteiger charge is 2.47. The summed E-state index contributed by atoms with van der Waals surface area (Å²) in [5, 5.41) is 2.65. The van der Waals surface area contributed by atoms with Crippen molar-refractivity contribution >= 4 is 23.4 Å². The largest absolute Gasteiger partial charge is 0.435 e. The fourth-order valence-electron chi connectivity index (χ4n) is 4.19. The van der Waals surface area contributed by atoms with Crippen LogP contribution in [-0.4, -0.2) is 35.8 Å². The van der Waals surface area contributed by atoms with Crippen LogP contribution in [0.1, 0.15) is 24.0 Å². The van der Waals surface area contributed by atoms with E-state index >= 15 is 0 Å². The Bertz CT molecular complexity index is 1030. The smallest absolute Gasteiger partial charge is 0.387 e. The van der Waals surface area contributed by atoms with Crippen LogP contribution in [-0.2, 0) is 20.8 Å². The summed E-state index contributed by atoms with van der Waals surface area (Å²) in [7, 11) is 0. The number of rotatable bonds is 7. The van der Waals surface area contributed by atoms with Gasteiger partial charge in [-0.1, -0.05) is 42.5 Å². The highest BCUT2D eigenvalue weighted by atomic mass is 19.3. The molecule has 2 unspecified atom stereocenters. The molecule has 4 rings (SSSR count). The van der Waals surface area contributed by atoms with Gasteiger partial charge in [-0.05, 0) is 36.6 Å². The molecule has 1 heterocycles. The zero-order valence-corrected chi connectivity index (χ0v) is 17.2. The van der Waals surface area contributed by atoms with Gasteiger partial charge in [-0.3, -0.25) is 19.3 Å². The maximum Gasteiger partial charge on any atom is 0.387 e. The van der Waals surface area contributed by atoms with Crippen molar-refractivity contribution in [3.8, 4) is 5.75 Å². The van der Waals surface area contributed by atoms with E-state index in [1.54, 1.807) is 6.07 Å². The van der Waals surface area contributed by atoms with Crippen LogP contribution in [0, 0.1) is 11.8 Å². The van der Waals surface area contributed by atoms with Gasteiger partial charge >= 0.3 is 6.61 Å². The van der Waals surface area contributed by atoms with Crippen molar-refractivity contribution in [3.63, 3.8) is 0 Å². The summed E-state index contributed by atoms with van der Waals surface area (Å²) >= 11 is 0. The Labute approximate surface area is 183 Å². The van der Waals surface area contributed by atoms with Gasteiger partial charge in [-0.15, -0.1) is 0 Å². The van der Waals surface area contributed by atoms with Gasteiger partial charge in [0.1, 0.15) is 12.3 Å². The standard InChI is InChI=1S/C24H22F2N2O4/c25-24(26)32-20-11-10-17(13-16(20)12-15-6-2-1-3-7-15)27-21(29)14-28-22(30)18-8-4-5-9-19(18)23(28)31/h1-7,10-11,13,18-19,24H,8-9,12,14H2,(H,27,29). The summed E-state index contributed by atoms with van der Waals surface area (Å²) in [4.78, 5) is 38.7. The second-order valence-electron chi connectivity index (χ2n) is 7.83. The molecular weight excluding hydrogens is 418 g/mol. The second kappa shape index (κ2) is 9.30. The van der Waals surface area contributed by atoms with Crippen LogP contribution >= 0.6 is 0 Å². The number of nitrogens with zero attached hydrogens (tertiary/aromatic N) is 1. The molecule has 0 aromatic heterocycles. The summed E-state index contributed by atoms with van der Waals surface area (Å²) in [5.41, 5.74) is 1.72. The first kappa shape index (κ1) is 21.7. The number of hydrogen-bond donors (Lipinski definition) is 1. The normalized spacial score (nSPS) is 19.9. The van der Waals surface area contributed by atoms with Crippen molar-refractivity contribution < 1.29 is 27.9 Å². The van der Waals surface area contributed by atoms with Crippen molar-refractivity contribution in [2.75, 3.05) is 11.9 Å². The molecular formula is C24H22F2N2O4. The van der Waals surface area contributed by atoms with Gasteiger partial charge in [-0.2, -0.15) is 8.78 Å². The van der Waals surface area contributed by atoms with Crippen LogP contribution in [0.2, 0.25) is 0 Å². The molecule has 0 bridgehead atoms. The first-order chi connectivity index (χ1) is 15.4. The monoisotopic (exact) mass is 440 g/mol. The van der Waals surface area contributed by atoms with E-state index in [4.69, 9.17) is 0 Å². The van der Waals surface area contributed by atoms with Gasteiger partial charge in [0.2, 0.25) is 17.7 Å². The Morgan fingerprint density at radius 1 is 1.03 bits per heavy atom. The van der Waals surface area contributed by atoms with Crippen molar-refractivity contribution in [2.24, 2.45) is 11.8 Å². The van der Waals surface area contributed by atoms with Crippen LogP contribution in [0.3, 0.4) is 0 Å². The minimum absolute atomic E-state index is 0.0170. The molecule has 8 heteroatoms. The number of likely N-dealkylation sites (tertiary alicyclic amines) is 1. The Balaban J connectivity index is 1.47. The van der Waals surface area contributed by atoms with E-state index < -0.39 is 24.4 Å². The number of allylic oxidation sites excluding steroid dienone is 2. The van der Waals surface area contributed by atoms with E-state index in [1.807, 2.05) is 42.5 Å². The van der Waals surface area contributed by atoms with E-state index in [-0.39, 0.29) is 24.1 Å². The number of carbonyl (C=O) groups is 3. The van der Waals surface area contributed by atoms with Crippen LogP contribution < -0.4 is 10.1 Å². The van der Waals surface area contributed by atoms with E-state index in [9.17, 15) is 23.2 Å². The molecule has 2 atom stereocenters. The third-order valence-electron chi connectivity index (χ3n) is 5.70. The third-order valence-corrected chi connectivity index (χ3v) is 5.70. The van der Waals surface area contributed by atoms with E-state index in [0.29, 0.717) is 30.5 Å². The maximum absolute atomic E-state index is 12.8. The van der Waals surface area contributed by atoms with Gasteiger partial charge in [0.05, 0.1) is 11.8 Å². The number of fused-ring (bicyclic) bond motifs is 1. The fourth-order valence-corrected chi connectivity index (χ4v) is 4.19. The number of nitrogens with one attached hydrogen (secondary N) is 1. The lowest BCUT2D eigenvalue weighted by Crippen LogP contribution is -2.38. The minimum atomic E-state index is -2.98. The molecule has 1 aliphatic carbocycles. The number of amides is 3. The minimum Gasteiger partial charge on any atom is -0.435 e. The average Bonchev–Trinajstić information content (AvgIpc) is 3.01. The Hall–Kier alpha value is -3.55. The number of ether oxygens (including phenoxy) is 1.